The molecule has 1 N–H and O–H groups in total. The van der Waals surface area contributed by atoms with E-state index in [4.69, 9.17) is 27.5 Å². The number of nitrogens with zero attached hydrogens (tertiary/aromatic N) is 1. The number of imide groups is 1. The zero-order valence-electron chi connectivity index (χ0n) is 15.4. The zero-order valence-corrected chi connectivity index (χ0v) is 17.7. The minimum atomic E-state index is -0.557. The number of urea groups is 1. The van der Waals surface area contributed by atoms with Crippen molar-refractivity contribution in [3.8, 4) is 23.8 Å². The number of rotatable bonds is 6. The molecule has 1 aliphatic heterocycles. The summed E-state index contributed by atoms with van der Waals surface area (Å²) in [4.78, 5) is 26.2. The third-order valence-corrected chi connectivity index (χ3v) is 4.84. The molecule has 0 aromatic heterocycles. The lowest BCUT2D eigenvalue weighted by Gasteiger charge is -2.13. The van der Waals surface area contributed by atoms with Crippen molar-refractivity contribution in [2.24, 2.45) is 0 Å². The van der Waals surface area contributed by atoms with Crippen molar-refractivity contribution in [2.75, 3.05) is 18.1 Å². The highest BCUT2D eigenvalue weighted by molar-refractivity contribution is 9.10. The second-order valence-corrected chi connectivity index (χ2v) is 7.15. The van der Waals surface area contributed by atoms with Gasteiger partial charge in [0.15, 0.2) is 11.5 Å². The Balaban J connectivity index is 1.95. The van der Waals surface area contributed by atoms with Crippen molar-refractivity contribution in [3.63, 3.8) is 0 Å². The Hall–Kier alpha value is -2.95. The summed E-state index contributed by atoms with van der Waals surface area (Å²) in [5, 5.41) is 3.01. The highest BCUT2D eigenvalue weighted by atomic mass is 79.9. The van der Waals surface area contributed by atoms with Gasteiger partial charge in [-0.1, -0.05) is 39.5 Å². The van der Waals surface area contributed by atoms with E-state index in [0.717, 1.165) is 4.90 Å². The van der Waals surface area contributed by atoms with Crippen LogP contribution in [0.15, 0.2) is 46.6 Å². The van der Waals surface area contributed by atoms with Crippen LogP contribution < -0.4 is 19.7 Å². The Labute approximate surface area is 181 Å². The minimum Gasteiger partial charge on any atom is -0.490 e. The molecule has 0 spiro atoms. The van der Waals surface area contributed by atoms with E-state index < -0.39 is 11.9 Å². The molecule has 0 aliphatic carbocycles. The molecule has 29 heavy (non-hydrogen) atoms. The summed E-state index contributed by atoms with van der Waals surface area (Å²) in [7, 11) is 0. The van der Waals surface area contributed by atoms with Crippen molar-refractivity contribution in [3.05, 3.63) is 57.2 Å². The highest BCUT2D eigenvalue weighted by Gasteiger charge is 2.35. The van der Waals surface area contributed by atoms with Gasteiger partial charge in [-0.15, -0.1) is 6.42 Å². The molecule has 1 aliphatic rings. The molecule has 8 heteroatoms. The predicted octanol–water partition coefficient (Wildman–Crippen LogP) is 4.61. The number of hydrogen-bond acceptors (Lipinski definition) is 4. The van der Waals surface area contributed by atoms with Crippen molar-refractivity contribution in [1.29, 1.82) is 0 Å². The monoisotopic (exact) mass is 474 g/mol. The van der Waals surface area contributed by atoms with Crippen LogP contribution in [0.1, 0.15) is 12.5 Å². The molecule has 1 heterocycles. The Morgan fingerprint density at radius 2 is 2.00 bits per heavy atom. The molecule has 0 radical (unpaired) electrons. The first kappa shape index (κ1) is 20.8. The fourth-order valence-electron chi connectivity index (χ4n) is 2.70. The van der Waals surface area contributed by atoms with Gasteiger partial charge in [0, 0.05) is 9.50 Å². The number of anilines is 1. The van der Waals surface area contributed by atoms with Gasteiger partial charge in [0.2, 0.25) is 0 Å². The molecule has 1 saturated heterocycles. The number of halogens is 2. The van der Waals surface area contributed by atoms with Crippen LogP contribution in [0.2, 0.25) is 5.02 Å². The first-order valence-electron chi connectivity index (χ1n) is 8.60. The lowest BCUT2D eigenvalue weighted by atomic mass is 10.1. The molecule has 3 rings (SSSR count). The normalized spacial score (nSPS) is 14.7. The molecule has 0 atom stereocenters. The third kappa shape index (κ3) is 4.56. The maximum absolute atomic E-state index is 12.8. The summed E-state index contributed by atoms with van der Waals surface area (Å²) in [6, 6.07) is 9.35. The molecule has 148 valence electrons. The zero-order chi connectivity index (χ0) is 21.0. The van der Waals surface area contributed by atoms with Crippen molar-refractivity contribution < 1.29 is 19.1 Å². The molecular weight excluding hydrogens is 460 g/mol. The van der Waals surface area contributed by atoms with Gasteiger partial charge in [-0.3, -0.25) is 4.79 Å². The van der Waals surface area contributed by atoms with E-state index in [1.165, 1.54) is 0 Å². The van der Waals surface area contributed by atoms with Crippen LogP contribution in [-0.2, 0) is 4.79 Å². The quantitative estimate of drug-likeness (QED) is 0.376. The van der Waals surface area contributed by atoms with E-state index in [9.17, 15) is 9.59 Å². The summed E-state index contributed by atoms with van der Waals surface area (Å²) >= 11 is 9.42. The molecule has 0 bridgehead atoms. The maximum Gasteiger partial charge on any atom is 0.333 e. The van der Waals surface area contributed by atoms with Crippen LogP contribution in [0.3, 0.4) is 0 Å². The van der Waals surface area contributed by atoms with E-state index in [0.29, 0.717) is 38.9 Å². The number of benzene rings is 2. The summed E-state index contributed by atoms with van der Waals surface area (Å²) in [5.74, 6) is 2.86. The van der Waals surface area contributed by atoms with Crippen LogP contribution in [0.25, 0.3) is 6.08 Å². The number of carbonyl (C=O) groups is 2. The molecular formula is C21H16BrClN2O4. The first-order valence-corrected chi connectivity index (χ1v) is 9.77. The molecule has 0 saturated carbocycles. The van der Waals surface area contributed by atoms with Crippen molar-refractivity contribution in [1.82, 2.24) is 5.32 Å². The van der Waals surface area contributed by atoms with Gasteiger partial charge in [0.05, 0.1) is 12.3 Å². The second-order valence-electron chi connectivity index (χ2n) is 5.85. The topological polar surface area (TPSA) is 67.9 Å². The van der Waals surface area contributed by atoms with Crippen LogP contribution in [0, 0.1) is 12.3 Å². The Kier molecular flexibility index (Phi) is 6.47. The average molecular weight is 476 g/mol. The van der Waals surface area contributed by atoms with E-state index >= 15 is 0 Å². The van der Waals surface area contributed by atoms with Gasteiger partial charge in [-0.25, -0.2) is 9.69 Å². The van der Waals surface area contributed by atoms with Gasteiger partial charge < -0.3 is 14.8 Å². The smallest absolute Gasteiger partial charge is 0.333 e. The Bertz CT molecular complexity index is 1050. The average Bonchev–Trinajstić information content (AvgIpc) is 2.96. The second kappa shape index (κ2) is 9.03. The van der Waals surface area contributed by atoms with Gasteiger partial charge in [0.25, 0.3) is 5.91 Å². The predicted molar refractivity (Wildman–Crippen MR) is 115 cm³/mol. The lowest BCUT2D eigenvalue weighted by Crippen LogP contribution is -2.30. The van der Waals surface area contributed by atoms with E-state index in [1.54, 1.807) is 42.5 Å². The fraction of sp³-hybridized carbons (Fsp3) is 0.143. The summed E-state index contributed by atoms with van der Waals surface area (Å²) in [6.07, 6.45) is 6.81. The summed E-state index contributed by atoms with van der Waals surface area (Å²) in [6.45, 7) is 2.35. The van der Waals surface area contributed by atoms with E-state index in [2.05, 4.69) is 27.2 Å². The van der Waals surface area contributed by atoms with Gasteiger partial charge in [-0.05, 0) is 48.9 Å². The SMILES string of the molecule is C#CCOc1cc(Br)c(/C=C2/NC(=O)N(c3cccc(Cl)c3)C2=O)cc1OCC. The summed E-state index contributed by atoms with van der Waals surface area (Å²) < 4.78 is 11.7. The number of ether oxygens (including phenoxy) is 2. The number of hydrogen-bond donors (Lipinski definition) is 1. The van der Waals surface area contributed by atoms with Crippen LogP contribution in [0.4, 0.5) is 10.5 Å². The highest BCUT2D eigenvalue weighted by Crippen LogP contribution is 2.35. The molecule has 1 fully saturated rings. The third-order valence-electron chi connectivity index (χ3n) is 3.92. The Morgan fingerprint density at radius 3 is 2.69 bits per heavy atom. The van der Waals surface area contributed by atoms with Crippen molar-refractivity contribution in [2.45, 2.75) is 6.92 Å². The van der Waals surface area contributed by atoms with E-state index in [1.807, 2.05) is 6.92 Å². The van der Waals surface area contributed by atoms with Crippen molar-refractivity contribution >= 4 is 51.2 Å². The van der Waals surface area contributed by atoms with Crippen LogP contribution in [-0.4, -0.2) is 25.2 Å². The maximum atomic E-state index is 12.8. The summed E-state index contributed by atoms with van der Waals surface area (Å²) in [5.41, 5.74) is 1.13. The standard InChI is InChI=1S/C21H16BrClN2O4/c1-3-8-29-19-12-16(22)13(10-18(19)28-4-2)9-17-20(26)25(21(27)24-17)15-7-5-6-14(23)11-15/h1,5-7,9-12H,4,8H2,2H3,(H,24,27)/b17-9+. The number of nitrogens with one attached hydrogen (secondary N) is 1. The largest absolute Gasteiger partial charge is 0.490 e. The molecule has 3 amide bonds. The first-order chi connectivity index (χ1) is 13.9. The number of terminal acetylenes is 1. The Morgan fingerprint density at radius 1 is 1.24 bits per heavy atom. The minimum absolute atomic E-state index is 0.0933. The van der Waals surface area contributed by atoms with Crippen LogP contribution >= 0.6 is 27.5 Å². The van der Waals surface area contributed by atoms with E-state index in [-0.39, 0.29) is 12.3 Å². The number of amides is 3. The molecule has 6 nitrogen and oxygen atoms in total. The van der Waals surface area contributed by atoms with Gasteiger partial charge in [0.1, 0.15) is 12.3 Å². The van der Waals surface area contributed by atoms with Crippen LogP contribution in [0.5, 0.6) is 11.5 Å². The fourth-order valence-corrected chi connectivity index (χ4v) is 3.32. The van der Waals surface area contributed by atoms with Gasteiger partial charge >= 0.3 is 6.03 Å². The number of carbonyl (C=O) groups excluding carboxylic acids is 2. The van der Waals surface area contributed by atoms with Gasteiger partial charge in [-0.2, -0.15) is 0 Å². The molecule has 2 aromatic carbocycles. The molecule has 0 unspecified atom stereocenters. The molecule has 2 aromatic rings. The lowest BCUT2D eigenvalue weighted by molar-refractivity contribution is -0.113.